The first-order valence-electron chi connectivity index (χ1n) is 3.50. The van der Waals surface area contributed by atoms with Crippen LogP contribution in [0.4, 0.5) is 4.79 Å². The Morgan fingerprint density at radius 1 is 1.70 bits per heavy atom. The van der Waals surface area contributed by atoms with Crippen molar-refractivity contribution in [3.05, 3.63) is 0 Å². The standard InChI is InChI=1S/C6H10N2O2/c9-6(10)8-3-4-1-5(8)2-7-4/h4-5,7H,1-3H2,(H,9,10). The Morgan fingerprint density at radius 3 is 2.80 bits per heavy atom. The number of rotatable bonds is 0. The normalized spacial score (nSPS) is 37.0. The van der Waals surface area contributed by atoms with Gasteiger partial charge in [0.1, 0.15) is 0 Å². The zero-order chi connectivity index (χ0) is 7.14. The van der Waals surface area contributed by atoms with E-state index >= 15 is 0 Å². The highest BCUT2D eigenvalue weighted by atomic mass is 16.4. The van der Waals surface area contributed by atoms with Gasteiger partial charge in [0.2, 0.25) is 0 Å². The number of likely N-dealkylation sites (tertiary alicyclic amines) is 1. The van der Waals surface area contributed by atoms with Crippen molar-refractivity contribution in [3.63, 3.8) is 0 Å². The van der Waals surface area contributed by atoms with Crippen LogP contribution in [0.2, 0.25) is 0 Å². The number of fused-ring (bicyclic) bond motifs is 2. The molecule has 2 heterocycles. The lowest BCUT2D eigenvalue weighted by atomic mass is 10.2. The minimum Gasteiger partial charge on any atom is -0.465 e. The lowest BCUT2D eigenvalue weighted by Crippen LogP contribution is -2.45. The lowest BCUT2D eigenvalue weighted by Gasteiger charge is -2.23. The first-order chi connectivity index (χ1) is 4.77. The summed E-state index contributed by atoms with van der Waals surface area (Å²) < 4.78 is 0. The van der Waals surface area contributed by atoms with Gasteiger partial charge >= 0.3 is 6.09 Å². The third kappa shape index (κ3) is 0.686. The molecule has 0 spiro atoms. The highest BCUT2D eigenvalue weighted by molar-refractivity contribution is 5.66. The third-order valence-electron chi connectivity index (χ3n) is 2.30. The minimum atomic E-state index is -0.769. The van der Waals surface area contributed by atoms with E-state index in [1.807, 2.05) is 0 Å². The number of nitrogens with one attached hydrogen (secondary N) is 1. The molecule has 0 aromatic rings. The van der Waals surface area contributed by atoms with Crippen molar-refractivity contribution < 1.29 is 9.90 Å². The maximum atomic E-state index is 10.5. The van der Waals surface area contributed by atoms with Crippen molar-refractivity contribution in [1.29, 1.82) is 0 Å². The highest BCUT2D eigenvalue weighted by Crippen LogP contribution is 2.22. The molecule has 2 aliphatic heterocycles. The van der Waals surface area contributed by atoms with Gasteiger partial charge in [-0.2, -0.15) is 0 Å². The molecule has 2 bridgehead atoms. The van der Waals surface area contributed by atoms with E-state index < -0.39 is 6.09 Å². The second-order valence-corrected chi connectivity index (χ2v) is 2.93. The van der Waals surface area contributed by atoms with Gasteiger partial charge in [-0.15, -0.1) is 0 Å². The average molecular weight is 142 g/mol. The summed E-state index contributed by atoms with van der Waals surface area (Å²) in [6.07, 6.45) is 0.237. The van der Waals surface area contributed by atoms with Gasteiger partial charge in [0.25, 0.3) is 0 Å². The molecule has 2 fully saturated rings. The third-order valence-corrected chi connectivity index (χ3v) is 2.30. The summed E-state index contributed by atoms with van der Waals surface area (Å²) in [5.74, 6) is 0. The second kappa shape index (κ2) is 1.85. The van der Waals surface area contributed by atoms with Gasteiger partial charge in [0, 0.05) is 25.2 Å². The molecule has 2 atom stereocenters. The quantitative estimate of drug-likeness (QED) is 0.488. The van der Waals surface area contributed by atoms with Crippen LogP contribution in [0.25, 0.3) is 0 Å². The Balaban J connectivity index is 2.08. The van der Waals surface area contributed by atoms with Crippen LogP contribution >= 0.6 is 0 Å². The second-order valence-electron chi connectivity index (χ2n) is 2.93. The van der Waals surface area contributed by atoms with Gasteiger partial charge in [-0.05, 0) is 6.42 Å². The van der Waals surface area contributed by atoms with Crippen LogP contribution in [0.15, 0.2) is 0 Å². The van der Waals surface area contributed by atoms with Crippen LogP contribution < -0.4 is 5.32 Å². The first kappa shape index (κ1) is 5.97. The van der Waals surface area contributed by atoms with Crippen molar-refractivity contribution in [2.75, 3.05) is 13.1 Å². The zero-order valence-corrected chi connectivity index (χ0v) is 5.58. The molecule has 2 N–H and O–H groups in total. The Hall–Kier alpha value is -0.770. The van der Waals surface area contributed by atoms with E-state index in [1.54, 1.807) is 0 Å². The summed E-state index contributed by atoms with van der Waals surface area (Å²) in [5.41, 5.74) is 0. The van der Waals surface area contributed by atoms with Gasteiger partial charge in [-0.25, -0.2) is 4.79 Å². The fourth-order valence-electron chi connectivity index (χ4n) is 1.80. The van der Waals surface area contributed by atoms with Gasteiger partial charge in [0.05, 0.1) is 0 Å². The van der Waals surface area contributed by atoms with Gasteiger partial charge in [-0.1, -0.05) is 0 Å². The predicted octanol–water partition coefficient (Wildman–Crippen LogP) is -0.289. The molecule has 2 unspecified atom stereocenters. The van der Waals surface area contributed by atoms with E-state index in [0.29, 0.717) is 12.6 Å². The molecule has 2 saturated heterocycles. The average Bonchev–Trinajstić information content (AvgIpc) is 2.44. The van der Waals surface area contributed by atoms with E-state index in [9.17, 15) is 4.79 Å². The molecular formula is C6H10N2O2. The molecule has 4 nitrogen and oxygen atoms in total. The molecule has 1 amide bonds. The number of carboxylic acid groups (broad SMARTS) is 1. The fourth-order valence-corrected chi connectivity index (χ4v) is 1.80. The Kier molecular flexibility index (Phi) is 1.11. The Labute approximate surface area is 58.8 Å². The van der Waals surface area contributed by atoms with Crippen molar-refractivity contribution >= 4 is 6.09 Å². The van der Waals surface area contributed by atoms with Crippen molar-refractivity contribution in [2.45, 2.75) is 18.5 Å². The molecule has 56 valence electrons. The topological polar surface area (TPSA) is 52.6 Å². The molecule has 4 heteroatoms. The smallest absolute Gasteiger partial charge is 0.407 e. The van der Waals surface area contributed by atoms with Crippen molar-refractivity contribution in [2.24, 2.45) is 0 Å². The summed E-state index contributed by atoms with van der Waals surface area (Å²) >= 11 is 0. The van der Waals surface area contributed by atoms with Crippen LogP contribution in [-0.4, -0.2) is 41.3 Å². The maximum Gasteiger partial charge on any atom is 0.407 e. The molecule has 0 radical (unpaired) electrons. The molecule has 0 aromatic heterocycles. The molecular weight excluding hydrogens is 132 g/mol. The summed E-state index contributed by atoms with van der Waals surface area (Å²) in [4.78, 5) is 12.0. The number of amides is 1. The highest BCUT2D eigenvalue weighted by Gasteiger charge is 2.39. The van der Waals surface area contributed by atoms with Crippen molar-refractivity contribution in [3.8, 4) is 0 Å². The van der Waals surface area contributed by atoms with Crippen LogP contribution in [0, 0.1) is 0 Å². The van der Waals surface area contributed by atoms with Gasteiger partial charge in [0.15, 0.2) is 0 Å². The van der Waals surface area contributed by atoms with E-state index in [4.69, 9.17) is 5.11 Å². The van der Waals surface area contributed by atoms with E-state index in [0.717, 1.165) is 13.0 Å². The van der Waals surface area contributed by atoms with Gasteiger partial charge < -0.3 is 15.3 Å². The van der Waals surface area contributed by atoms with E-state index in [1.165, 1.54) is 4.90 Å². The summed E-state index contributed by atoms with van der Waals surface area (Å²) in [6, 6.07) is 0.684. The first-order valence-corrected chi connectivity index (χ1v) is 3.50. The lowest BCUT2D eigenvalue weighted by molar-refractivity contribution is 0.134. The number of hydrogen-bond acceptors (Lipinski definition) is 2. The molecule has 2 rings (SSSR count). The molecule has 0 saturated carbocycles. The number of carbonyl (C=O) groups is 1. The molecule has 10 heavy (non-hydrogen) atoms. The van der Waals surface area contributed by atoms with Crippen LogP contribution in [0.5, 0.6) is 0 Å². The molecule has 0 aliphatic carbocycles. The van der Waals surface area contributed by atoms with Crippen molar-refractivity contribution in [1.82, 2.24) is 10.2 Å². The fraction of sp³-hybridized carbons (Fsp3) is 0.833. The summed E-state index contributed by atoms with van der Waals surface area (Å²) in [6.45, 7) is 1.52. The zero-order valence-electron chi connectivity index (χ0n) is 5.58. The largest absolute Gasteiger partial charge is 0.465 e. The molecule has 0 aromatic carbocycles. The number of nitrogens with zero attached hydrogens (tertiary/aromatic N) is 1. The Morgan fingerprint density at radius 2 is 2.50 bits per heavy atom. The van der Waals surface area contributed by atoms with Crippen LogP contribution in [0.1, 0.15) is 6.42 Å². The van der Waals surface area contributed by atoms with E-state index in [2.05, 4.69) is 5.32 Å². The van der Waals surface area contributed by atoms with Crippen LogP contribution in [-0.2, 0) is 0 Å². The van der Waals surface area contributed by atoms with E-state index in [-0.39, 0.29) is 6.04 Å². The summed E-state index contributed by atoms with van der Waals surface area (Å²) in [7, 11) is 0. The predicted molar refractivity (Wildman–Crippen MR) is 34.9 cm³/mol. The number of piperazine rings is 1. The minimum absolute atomic E-state index is 0.252. The maximum absolute atomic E-state index is 10.5. The molecule has 2 aliphatic rings. The summed E-state index contributed by atoms with van der Waals surface area (Å²) in [5, 5.41) is 11.9. The number of hydrogen-bond donors (Lipinski definition) is 2. The van der Waals surface area contributed by atoms with Gasteiger partial charge in [-0.3, -0.25) is 0 Å². The Bertz CT molecular complexity index is 171. The van der Waals surface area contributed by atoms with Crippen LogP contribution in [0.3, 0.4) is 0 Å². The monoisotopic (exact) mass is 142 g/mol. The SMILES string of the molecule is O=C(O)N1CC2CC1CN2.